The molecular formula is C8H12Cl2N4. The number of pyridine rings is 1. The molecule has 0 saturated heterocycles. The monoisotopic (exact) mass is 234 g/mol. The van der Waals surface area contributed by atoms with Gasteiger partial charge in [-0.05, 0) is 19.9 Å². The zero-order chi connectivity index (χ0) is 10.7. The Morgan fingerprint density at radius 2 is 1.86 bits per heavy atom. The highest BCUT2D eigenvalue weighted by molar-refractivity contribution is 6.37. The van der Waals surface area contributed by atoms with Crippen molar-refractivity contribution in [2.75, 3.05) is 10.7 Å². The summed E-state index contributed by atoms with van der Waals surface area (Å²) >= 11 is 11.7. The summed E-state index contributed by atoms with van der Waals surface area (Å²) in [4.78, 5) is 4.12. The molecule has 6 heteroatoms. The van der Waals surface area contributed by atoms with Crippen LogP contribution >= 0.6 is 23.2 Å². The van der Waals surface area contributed by atoms with Gasteiger partial charge in [-0.1, -0.05) is 23.2 Å². The lowest BCUT2D eigenvalue weighted by Gasteiger charge is -2.12. The van der Waals surface area contributed by atoms with Crippen molar-refractivity contribution in [2.24, 2.45) is 5.84 Å². The van der Waals surface area contributed by atoms with Gasteiger partial charge in [0.05, 0.1) is 10.0 Å². The van der Waals surface area contributed by atoms with E-state index in [4.69, 9.17) is 29.0 Å². The van der Waals surface area contributed by atoms with Crippen LogP contribution < -0.4 is 16.6 Å². The number of nitrogens with two attached hydrogens (primary N) is 1. The first-order chi connectivity index (χ1) is 6.54. The Morgan fingerprint density at radius 3 is 2.36 bits per heavy atom. The first-order valence-electron chi connectivity index (χ1n) is 4.13. The smallest absolute Gasteiger partial charge is 0.161 e. The summed E-state index contributed by atoms with van der Waals surface area (Å²) in [6.45, 7) is 3.98. The molecule has 0 aromatic carbocycles. The van der Waals surface area contributed by atoms with Crippen molar-refractivity contribution in [2.45, 2.75) is 19.9 Å². The van der Waals surface area contributed by atoms with E-state index >= 15 is 0 Å². The number of hydrazine groups is 1. The molecule has 1 aromatic heterocycles. The van der Waals surface area contributed by atoms with Gasteiger partial charge < -0.3 is 10.7 Å². The van der Waals surface area contributed by atoms with E-state index in [2.05, 4.69) is 15.7 Å². The van der Waals surface area contributed by atoms with Gasteiger partial charge in [0.2, 0.25) is 0 Å². The van der Waals surface area contributed by atoms with Crippen molar-refractivity contribution < 1.29 is 0 Å². The zero-order valence-corrected chi connectivity index (χ0v) is 9.45. The van der Waals surface area contributed by atoms with Crippen molar-refractivity contribution in [1.29, 1.82) is 0 Å². The third-order valence-corrected chi connectivity index (χ3v) is 2.07. The molecule has 0 spiro atoms. The first-order valence-corrected chi connectivity index (χ1v) is 4.89. The van der Waals surface area contributed by atoms with E-state index < -0.39 is 0 Å². The van der Waals surface area contributed by atoms with Crippen LogP contribution in [0.25, 0.3) is 0 Å². The van der Waals surface area contributed by atoms with Gasteiger partial charge in [-0.2, -0.15) is 0 Å². The van der Waals surface area contributed by atoms with Crippen LogP contribution in [0, 0.1) is 0 Å². The minimum Gasteiger partial charge on any atom is -0.367 e. The zero-order valence-electron chi connectivity index (χ0n) is 7.94. The molecule has 1 aromatic rings. The number of halogens is 2. The van der Waals surface area contributed by atoms with Crippen LogP contribution in [0.3, 0.4) is 0 Å². The topological polar surface area (TPSA) is 63.0 Å². The summed E-state index contributed by atoms with van der Waals surface area (Å²) < 4.78 is 0. The Morgan fingerprint density at radius 1 is 1.29 bits per heavy atom. The largest absolute Gasteiger partial charge is 0.367 e. The van der Waals surface area contributed by atoms with Crippen LogP contribution in [0.15, 0.2) is 6.07 Å². The van der Waals surface area contributed by atoms with Gasteiger partial charge in [-0.25, -0.2) is 10.8 Å². The fourth-order valence-electron chi connectivity index (χ4n) is 0.942. The number of anilines is 2. The van der Waals surface area contributed by atoms with Crippen molar-refractivity contribution in [1.82, 2.24) is 4.98 Å². The number of hydrogen-bond acceptors (Lipinski definition) is 4. The van der Waals surface area contributed by atoms with E-state index in [0.29, 0.717) is 21.7 Å². The maximum atomic E-state index is 5.92. The summed E-state index contributed by atoms with van der Waals surface area (Å²) in [6.07, 6.45) is 0. The van der Waals surface area contributed by atoms with Gasteiger partial charge in [0.15, 0.2) is 5.82 Å². The van der Waals surface area contributed by atoms with Crippen LogP contribution in [-0.2, 0) is 0 Å². The number of nitrogens with one attached hydrogen (secondary N) is 2. The molecule has 0 saturated carbocycles. The van der Waals surface area contributed by atoms with Gasteiger partial charge in [0.25, 0.3) is 0 Å². The highest BCUT2D eigenvalue weighted by Gasteiger charge is 2.08. The fraction of sp³-hybridized carbons (Fsp3) is 0.375. The molecule has 0 unspecified atom stereocenters. The molecule has 0 aliphatic heterocycles. The summed E-state index contributed by atoms with van der Waals surface area (Å²) in [6, 6.07) is 1.84. The molecule has 0 fully saturated rings. The lowest BCUT2D eigenvalue weighted by atomic mass is 10.3. The molecule has 1 rings (SSSR count). The average Bonchev–Trinajstić information content (AvgIpc) is 2.09. The highest BCUT2D eigenvalue weighted by atomic mass is 35.5. The molecule has 0 atom stereocenters. The Hall–Kier alpha value is -0.710. The lowest BCUT2D eigenvalue weighted by Crippen LogP contribution is -2.14. The minimum absolute atomic E-state index is 0.242. The van der Waals surface area contributed by atoms with Crippen LogP contribution in [0.1, 0.15) is 13.8 Å². The van der Waals surface area contributed by atoms with Gasteiger partial charge in [0.1, 0.15) is 5.82 Å². The van der Waals surface area contributed by atoms with Gasteiger partial charge >= 0.3 is 0 Å². The van der Waals surface area contributed by atoms with Crippen molar-refractivity contribution in [3.05, 3.63) is 16.1 Å². The SMILES string of the molecule is CC(C)Nc1nc(NN)c(Cl)cc1Cl. The van der Waals surface area contributed by atoms with Gasteiger partial charge in [-0.15, -0.1) is 0 Å². The molecule has 78 valence electrons. The summed E-state index contributed by atoms with van der Waals surface area (Å²) in [7, 11) is 0. The van der Waals surface area contributed by atoms with E-state index in [0.717, 1.165) is 0 Å². The number of rotatable bonds is 3. The summed E-state index contributed by atoms with van der Waals surface area (Å²) in [5.41, 5.74) is 2.39. The van der Waals surface area contributed by atoms with Crippen molar-refractivity contribution >= 4 is 34.8 Å². The Kier molecular flexibility index (Phi) is 3.80. The number of hydrogen-bond donors (Lipinski definition) is 3. The molecule has 0 aliphatic rings. The highest BCUT2D eigenvalue weighted by Crippen LogP contribution is 2.28. The molecule has 1 heterocycles. The molecule has 0 amide bonds. The van der Waals surface area contributed by atoms with E-state index in [1.54, 1.807) is 6.07 Å². The quantitative estimate of drug-likeness (QED) is 0.556. The molecular weight excluding hydrogens is 223 g/mol. The molecule has 0 aliphatic carbocycles. The van der Waals surface area contributed by atoms with Crippen LogP contribution in [-0.4, -0.2) is 11.0 Å². The second-order valence-corrected chi connectivity index (χ2v) is 3.91. The minimum atomic E-state index is 0.242. The fourth-order valence-corrected chi connectivity index (χ4v) is 1.41. The molecule has 14 heavy (non-hydrogen) atoms. The number of nitrogen functional groups attached to an aromatic ring is 1. The van der Waals surface area contributed by atoms with E-state index in [9.17, 15) is 0 Å². The third-order valence-electron chi connectivity index (χ3n) is 1.49. The molecule has 4 N–H and O–H groups in total. The average molecular weight is 235 g/mol. The Balaban J connectivity index is 3.04. The van der Waals surface area contributed by atoms with Crippen LogP contribution in [0.5, 0.6) is 0 Å². The van der Waals surface area contributed by atoms with Crippen LogP contribution in [0.4, 0.5) is 11.6 Å². The van der Waals surface area contributed by atoms with E-state index in [1.807, 2.05) is 13.8 Å². The summed E-state index contributed by atoms with van der Waals surface area (Å²) in [5, 5.41) is 3.95. The summed E-state index contributed by atoms with van der Waals surface area (Å²) in [5.74, 6) is 6.20. The number of aromatic nitrogens is 1. The third kappa shape index (κ3) is 2.64. The van der Waals surface area contributed by atoms with Crippen LogP contribution in [0.2, 0.25) is 10.0 Å². The Labute approximate surface area is 92.8 Å². The van der Waals surface area contributed by atoms with Gasteiger partial charge in [-0.3, -0.25) is 0 Å². The Bertz CT molecular complexity index is 327. The predicted octanol–water partition coefficient (Wildman–Crippen LogP) is 2.49. The van der Waals surface area contributed by atoms with Crippen molar-refractivity contribution in [3.8, 4) is 0 Å². The second kappa shape index (κ2) is 4.68. The lowest BCUT2D eigenvalue weighted by molar-refractivity contribution is 0.889. The van der Waals surface area contributed by atoms with Crippen molar-refractivity contribution in [3.63, 3.8) is 0 Å². The normalized spacial score (nSPS) is 10.4. The standard InChI is InChI=1S/C8H12Cl2N4/c1-4(2)12-7-5(9)3-6(10)8(13-7)14-11/h3-4H,11H2,1-2H3,(H2,12,13,14). The second-order valence-electron chi connectivity index (χ2n) is 3.09. The first kappa shape index (κ1) is 11.4. The van der Waals surface area contributed by atoms with E-state index in [-0.39, 0.29) is 6.04 Å². The molecule has 0 bridgehead atoms. The van der Waals surface area contributed by atoms with E-state index in [1.165, 1.54) is 0 Å². The number of nitrogens with zero attached hydrogens (tertiary/aromatic N) is 1. The molecule has 4 nitrogen and oxygen atoms in total. The maximum absolute atomic E-state index is 5.92. The maximum Gasteiger partial charge on any atom is 0.161 e. The molecule has 0 radical (unpaired) electrons. The van der Waals surface area contributed by atoms with Gasteiger partial charge in [0, 0.05) is 6.04 Å². The predicted molar refractivity (Wildman–Crippen MR) is 60.8 cm³/mol.